The number of carbonyl (C=O) groups excluding carboxylic acids is 1. The van der Waals surface area contributed by atoms with Gasteiger partial charge in [0, 0.05) is 12.3 Å². The topological polar surface area (TPSA) is 17.1 Å². The van der Waals surface area contributed by atoms with E-state index in [0.717, 1.165) is 6.42 Å². The molecule has 18 heavy (non-hydrogen) atoms. The van der Waals surface area contributed by atoms with E-state index in [1.165, 1.54) is 48.8 Å². The molecule has 0 N–H and O–H groups in total. The number of hydrogen-bond donors (Lipinski definition) is 0. The first kappa shape index (κ1) is 12.0. The second-order valence-corrected chi connectivity index (χ2v) is 6.11. The summed E-state index contributed by atoms with van der Waals surface area (Å²) < 4.78 is 0. The maximum Gasteiger partial charge on any atom is 0.140 e. The molecule has 0 amide bonds. The van der Waals surface area contributed by atoms with Crippen LogP contribution in [-0.2, 0) is 24.1 Å². The summed E-state index contributed by atoms with van der Waals surface area (Å²) in [6, 6.07) is 6.69. The fourth-order valence-corrected chi connectivity index (χ4v) is 3.69. The second kappa shape index (κ2) is 4.87. The van der Waals surface area contributed by atoms with Crippen LogP contribution in [0.1, 0.15) is 49.3 Å². The highest BCUT2D eigenvalue weighted by atomic mass is 16.1. The molecule has 2 aliphatic carbocycles. The number of Topliss-reactive ketones (excluding diaryl/α,β-unsaturated/α-hetero) is 1. The Kier molecular flexibility index (Phi) is 3.23. The molecule has 1 aromatic rings. The molecule has 0 bridgehead atoms. The third-order valence-electron chi connectivity index (χ3n) is 4.82. The summed E-state index contributed by atoms with van der Waals surface area (Å²) in [4.78, 5) is 12.3. The molecule has 2 atom stereocenters. The SMILES string of the molecule is CC1CCCC1C(=O)Cc1ccc2c(c1)CCC2. The summed E-state index contributed by atoms with van der Waals surface area (Å²) in [5.74, 6) is 1.41. The van der Waals surface area contributed by atoms with E-state index in [4.69, 9.17) is 0 Å². The zero-order valence-electron chi connectivity index (χ0n) is 11.2. The summed E-state index contributed by atoms with van der Waals surface area (Å²) in [5, 5.41) is 0. The lowest BCUT2D eigenvalue weighted by Gasteiger charge is -2.14. The molecule has 1 heteroatoms. The van der Waals surface area contributed by atoms with Crippen LogP contribution in [0.5, 0.6) is 0 Å². The van der Waals surface area contributed by atoms with Gasteiger partial charge in [0.1, 0.15) is 5.78 Å². The lowest BCUT2D eigenvalue weighted by Crippen LogP contribution is -2.19. The summed E-state index contributed by atoms with van der Waals surface area (Å²) in [6.07, 6.45) is 7.96. The Bertz CT molecular complexity index is 461. The fourth-order valence-electron chi connectivity index (χ4n) is 3.69. The average Bonchev–Trinajstić information content (AvgIpc) is 2.96. The molecule has 0 saturated heterocycles. The van der Waals surface area contributed by atoms with E-state index in [0.29, 0.717) is 24.0 Å². The van der Waals surface area contributed by atoms with Crippen molar-refractivity contribution in [3.63, 3.8) is 0 Å². The zero-order chi connectivity index (χ0) is 12.5. The van der Waals surface area contributed by atoms with E-state index < -0.39 is 0 Å². The van der Waals surface area contributed by atoms with Crippen LogP contribution in [-0.4, -0.2) is 5.78 Å². The van der Waals surface area contributed by atoms with Crippen molar-refractivity contribution in [3.05, 3.63) is 34.9 Å². The monoisotopic (exact) mass is 242 g/mol. The summed E-state index contributed by atoms with van der Waals surface area (Å²) in [5.41, 5.74) is 4.22. The van der Waals surface area contributed by atoms with E-state index in [1.807, 2.05) is 0 Å². The quantitative estimate of drug-likeness (QED) is 0.789. The number of aryl methyl sites for hydroxylation is 2. The van der Waals surface area contributed by atoms with E-state index in [-0.39, 0.29) is 0 Å². The number of hydrogen-bond acceptors (Lipinski definition) is 1. The van der Waals surface area contributed by atoms with Gasteiger partial charge >= 0.3 is 0 Å². The Hall–Kier alpha value is -1.11. The molecular weight excluding hydrogens is 220 g/mol. The van der Waals surface area contributed by atoms with Crippen LogP contribution in [0.3, 0.4) is 0 Å². The van der Waals surface area contributed by atoms with Crippen molar-refractivity contribution in [1.82, 2.24) is 0 Å². The van der Waals surface area contributed by atoms with Gasteiger partial charge in [-0.2, -0.15) is 0 Å². The molecule has 0 heterocycles. The molecule has 0 aliphatic heterocycles. The van der Waals surface area contributed by atoms with Crippen LogP contribution < -0.4 is 0 Å². The van der Waals surface area contributed by atoms with Gasteiger partial charge in [0.2, 0.25) is 0 Å². The van der Waals surface area contributed by atoms with Crippen LogP contribution in [0.4, 0.5) is 0 Å². The summed E-state index contributed by atoms with van der Waals surface area (Å²) in [7, 11) is 0. The highest BCUT2D eigenvalue weighted by molar-refractivity contribution is 5.83. The van der Waals surface area contributed by atoms with Gasteiger partial charge in [-0.3, -0.25) is 4.79 Å². The number of rotatable bonds is 3. The van der Waals surface area contributed by atoms with Crippen molar-refractivity contribution in [2.45, 2.75) is 51.9 Å². The van der Waals surface area contributed by atoms with Gasteiger partial charge in [-0.15, -0.1) is 0 Å². The van der Waals surface area contributed by atoms with Crippen molar-refractivity contribution in [1.29, 1.82) is 0 Å². The Morgan fingerprint density at radius 2 is 2.00 bits per heavy atom. The molecule has 0 spiro atoms. The third-order valence-corrected chi connectivity index (χ3v) is 4.82. The molecule has 1 fully saturated rings. The van der Waals surface area contributed by atoms with Gasteiger partial charge in [0.05, 0.1) is 0 Å². The molecule has 1 saturated carbocycles. The Balaban J connectivity index is 1.71. The molecule has 0 aromatic heterocycles. The van der Waals surface area contributed by atoms with Gasteiger partial charge in [-0.05, 0) is 54.7 Å². The minimum atomic E-state index is 0.332. The minimum Gasteiger partial charge on any atom is -0.299 e. The highest BCUT2D eigenvalue weighted by Crippen LogP contribution is 2.33. The van der Waals surface area contributed by atoms with Gasteiger partial charge in [0.25, 0.3) is 0 Å². The van der Waals surface area contributed by atoms with Crippen molar-refractivity contribution >= 4 is 5.78 Å². The van der Waals surface area contributed by atoms with Crippen LogP contribution in [0, 0.1) is 11.8 Å². The zero-order valence-corrected chi connectivity index (χ0v) is 11.2. The van der Waals surface area contributed by atoms with E-state index in [2.05, 4.69) is 25.1 Å². The first-order valence-electron chi connectivity index (χ1n) is 7.37. The second-order valence-electron chi connectivity index (χ2n) is 6.11. The normalized spacial score (nSPS) is 26.3. The molecule has 3 rings (SSSR count). The standard InChI is InChI=1S/C17H22O/c1-12-4-2-7-16(12)17(18)11-13-8-9-14-5-3-6-15(14)10-13/h8-10,12,16H,2-7,11H2,1H3. The maximum absolute atomic E-state index is 12.3. The first-order chi connectivity index (χ1) is 8.74. The van der Waals surface area contributed by atoms with Gasteiger partial charge in [-0.1, -0.05) is 31.5 Å². The maximum atomic E-state index is 12.3. The van der Waals surface area contributed by atoms with Gasteiger partial charge in [-0.25, -0.2) is 0 Å². The van der Waals surface area contributed by atoms with E-state index >= 15 is 0 Å². The fraction of sp³-hybridized carbons (Fsp3) is 0.588. The Morgan fingerprint density at radius 1 is 1.17 bits per heavy atom. The van der Waals surface area contributed by atoms with Crippen LogP contribution in [0.2, 0.25) is 0 Å². The number of ketones is 1. The molecule has 0 radical (unpaired) electrons. The lowest BCUT2D eigenvalue weighted by molar-refractivity contribution is -0.123. The number of carbonyl (C=O) groups is 1. The van der Waals surface area contributed by atoms with Crippen LogP contribution >= 0.6 is 0 Å². The Morgan fingerprint density at radius 3 is 2.78 bits per heavy atom. The number of fused-ring (bicyclic) bond motifs is 1. The summed E-state index contributed by atoms with van der Waals surface area (Å²) in [6.45, 7) is 2.23. The molecule has 1 aromatic carbocycles. The Labute approximate surface area is 110 Å². The van der Waals surface area contributed by atoms with Gasteiger partial charge in [0.15, 0.2) is 0 Å². The van der Waals surface area contributed by atoms with Crippen molar-refractivity contribution < 1.29 is 4.79 Å². The molecule has 1 nitrogen and oxygen atoms in total. The number of benzene rings is 1. The highest BCUT2D eigenvalue weighted by Gasteiger charge is 2.29. The van der Waals surface area contributed by atoms with Gasteiger partial charge < -0.3 is 0 Å². The predicted octanol–water partition coefficient (Wildman–Crippen LogP) is 3.72. The largest absolute Gasteiger partial charge is 0.299 e. The smallest absolute Gasteiger partial charge is 0.140 e. The minimum absolute atomic E-state index is 0.332. The average molecular weight is 242 g/mol. The third kappa shape index (κ3) is 2.23. The predicted molar refractivity (Wildman–Crippen MR) is 73.7 cm³/mol. The molecule has 2 aliphatic rings. The van der Waals surface area contributed by atoms with Crippen molar-refractivity contribution in [3.8, 4) is 0 Å². The molecule has 2 unspecified atom stereocenters. The van der Waals surface area contributed by atoms with Crippen molar-refractivity contribution in [2.75, 3.05) is 0 Å². The van der Waals surface area contributed by atoms with E-state index in [1.54, 1.807) is 0 Å². The first-order valence-corrected chi connectivity index (χ1v) is 7.37. The van der Waals surface area contributed by atoms with Crippen LogP contribution in [0.25, 0.3) is 0 Å². The molecule has 96 valence electrons. The molecular formula is C17H22O. The summed E-state index contributed by atoms with van der Waals surface area (Å²) >= 11 is 0. The van der Waals surface area contributed by atoms with E-state index in [9.17, 15) is 4.79 Å². The lowest BCUT2D eigenvalue weighted by atomic mass is 9.89. The van der Waals surface area contributed by atoms with Crippen LogP contribution in [0.15, 0.2) is 18.2 Å². The van der Waals surface area contributed by atoms with Crippen molar-refractivity contribution in [2.24, 2.45) is 11.8 Å².